The number of hydrogen-bond donors (Lipinski definition) is 2. The first-order valence-electron chi connectivity index (χ1n) is 2.55. The van der Waals surface area contributed by atoms with E-state index < -0.39 is 0 Å². The minimum Gasteiger partial charge on any atom is -0.395 e. The third-order valence-corrected chi connectivity index (χ3v) is 1.52. The molecule has 0 spiro atoms. The summed E-state index contributed by atoms with van der Waals surface area (Å²) in [5.41, 5.74) is 0.217. The van der Waals surface area contributed by atoms with Crippen molar-refractivity contribution >= 4 is 0 Å². The number of nitrogens with one attached hydrogen (secondary N) is 1. The molecule has 0 bridgehead atoms. The standard InChI is InChI=1S/C5H11NO/c1-5(2)4(3-7)6-5/h4,6-7H,3H2,1-2H3. The quantitative estimate of drug-likeness (QED) is 0.446. The van der Waals surface area contributed by atoms with Crippen molar-refractivity contribution in [3.8, 4) is 0 Å². The molecule has 1 saturated heterocycles. The zero-order valence-electron chi connectivity index (χ0n) is 4.73. The van der Waals surface area contributed by atoms with E-state index in [1.807, 2.05) is 0 Å². The maximum Gasteiger partial charge on any atom is 0.0602 e. The number of rotatable bonds is 1. The summed E-state index contributed by atoms with van der Waals surface area (Å²) < 4.78 is 0. The predicted octanol–water partition coefficient (Wildman–Crippen LogP) is -0.271. The van der Waals surface area contributed by atoms with Gasteiger partial charge in [0, 0.05) is 11.6 Å². The monoisotopic (exact) mass is 101 g/mol. The molecule has 1 aliphatic rings. The summed E-state index contributed by atoms with van der Waals surface area (Å²) in [6.07, 6.45) is 0. The summed E-state index contributed by atoms with van der Waals surface area (Å²) >= 11 is 0. The molecule has 1 unspecified atom stereocenters. The van der Waals surface area contributed by atoms with Crippen LogP contribution >= 0.6 is 0 Å². The molecule has 1 atom stereocenters. The van der Waals surface area contributed by atoms with Crippen LogP contribution in [-0.2, 0) is 0 Å². The predicted molar refractivity (Wildman–Crippen MR) is 28.1 cm³/mol. The van der Waals surface area contributed by atoms with Crippen LogP contribution in [0.5, 0.6) is 0 Å². The van der Waals surface area contributed by atoms with Crippen molar-refractivity contribution in [2.45, 2.75) is 25.4 Å². The Bertz CT molecular complexity index is 80.1. The largest absolute Gasteiger partial charge is 0.395 e. The van der Waals surface area contributed by atoms with Crippen LogP contribution in [-0.4, -0.2) is 23.3 Å². The fraction of sp³-hybridized carbons (Fsp3) is 1.00. The second-order valence-corrected chi connectivity index (χ2v) is 2.60. The lowest BCUT2D eigenvalue weighted by Crippen LogP contribution is -2.06. The number of hydrogen-bond acceptors (Lipinski definition) is 2. The van der Waals surface area contributed by atoms with Gasteiger partial charge in [-0.2, -0.15) is 0 Å². The summed E-state index contributed by atoms with van der Waals surface area (Å²) in [6, 6.07) is 0.354. The van der Waals surface area contributed by atoms with Gasteiger partial charge in [0.2, 0.25) is 0 Å². The highest BCUT2D eigenvalue weighted by atomic mass is 16.3. The SMILES string of the molecule is CC1(C)NC1CO. The van der Waals surface area contributed by atoms with E-state index >= 15 is 0 Å². The maximum atomic E-state index is 8.48. The molecule has 1 aliphatic heterocycles. The molecule has 1 rings (SSSR count). The molecule has 0 aromatic carbocycles. The molecule has 42 valence electrons. The van der Waals surface area contributed by atoms with Crippen LogP contribution < -0.4 is 5.32 Å². The average Bonchev–Trinajstić information content (AvgIpc) is 2.13. The summed E-state index contributed by atoms with van der Waals surface area (Å²) in [6.45, 7) is 4.43. The van der Waals surface area contributed by atoms with Crippen molar-refractivity contribution in [1.29, 1.82) is 0 Å². The molecule has 7 heavy (non-hydrogen) atoms. The summed E-state index contributed by atoms with van der Waals surface area (Å²) in [5, 5.41) is 11.6. The van der Waals surface area contributed by atoms with Gasteiger partial charge in [-0.25, -0.2) is 0 Å². The van der Waals surface area contributed by atoms with Gasteiger partial charge >= 0.3 is 0 Å². The molecule has 0 aromatic heterocycles. The summed E-state index contributed by atoms with van der Waals surface area (Å²) in [4.78, 5) is 0. The third kappa shape index (κ3) is 0.763. The highest BCUT2D eigenvalue weighted by molar-refractivity contribution is 5.07. The van der Waals surface area contributed by atoms with Crippen LogP contribution in [0.25, 0.3) is 0 Å². The van der Waals surface area contributed by atoms with E-state index in [0.717, 1.165) is 0 Å². The van der Waals surface area contributed by atoms with E-state index in [-0.39, 0.29) is 12.1 Å². The van der Waals surface area contributed by atoms with E-state index in [2.05, 4.69) is 19.2 Å². The molecule has 1 fully saturated rings. The van der Waals surface area contributed by atoms with Crippen LogP contribution in [0.2, 0.25) is 0 Å². The molecule has 0 saturated carbocycles. The minimum atomic E-state index is 0.217. The lowest BCUT2D eigenvalue weighted by atomic mass is 10.1. The van der Waals surface area contributed by atoms with Crippen LogP contribution in [0, 0.1) is 0 Å². The lowest BCUT2D eigenvalue weighted by Gasteiger charge is -1.91. The molecule has 0 aliphatic carbocycles. The zero-order valence-corrected chi connectivity index (χ0v) is 4.73. The summed E-state index contributed by atoms with van der Waals surface area (Å²) in [7, 11) is 0. The minimum absolute atomic E-state index is 0.217. The zero-order chi connectivity index (χ0) is 5.49. The van der Waals surface area contributed by atoms with Crippen LogP contribution in [0.1, 0.15) is 13.8 Å². The molecule has 1 heterocycles. The van der Waals surface area contributed by atoms with Gasteiger partial charge in [0.15, 0.2) is 0 Å². The normalized spacial score (nSPS) is 35.6. The number of aliphatic hydroxyl groups excluding tert-OH is 1. The fourth-order valence-corrected chi connectivity index (χ4v) is 0.681. The molecule has 0 amide bonds. The van der Waals surface area contributed by atoms with Gasteiger partial charge in [-0.1, -0.05) is 0 Å². The first-order chi connectivity index (χ1) is 3.17. The van der Waals surface area contributed by atoms with Crippen molar-refractivity contribution in [2.24, 2.45) is 0 Å². The third-order valence-electron chi connectivity index (χ3n) is 1.52. The van der Waals surface area contributed by atoms with Gasteiger partial charge in [-0.3, -0.25) is 0 Å². The van der Waals surface area contributed by atoms with Gasteiger partial charge < -0.3 is 10.4 Å². The Morgan fingerprint density at radius 2 is 2.14 bits per heavy atom. The highest BCUT2D eigenvalue weighted by Crippen LogP contribution is 2.23. The summed E-state index contributed by atoms with van der Waals surface area (Å²) in [5.74, 6) is 0. The van der Waals surface area contributed by atoms with Crippen LogP contribution in [0.3, 0.4) is 0 Å². The van der Waals surface area contributed by atoms with Gasteiger partial charge in [-0.15, -0.1) is 0 Å². The lowest BCUT2D eigenvalue weighted by molar-refractivity contribution is 0.290. The van der Waals surface area contributed by atoms with Crippen molar-refractivity contribution in [3.05, 3.63) is 0 Å². The molecule has 2 nitrogen and oxygen atoms in total. The van der Waals surface area contributed by atoms with Crippen molar-refractivity contribution < 1.29 is 5.11 Å². The van der Waals surface area contributed by atoms with Crippen LogP contribution in [0.4, 0.5) is 0 Å². The Labute approximate surface area is 43.5 Å². The van der Waals surface area contributed by atoms with Gasteiger partial charge in [0.05, 0.1) is 6.61 Å². The Hall–Kier alpha value is -0.0800. The molecule has 0 radical (unpaired) electrons. The fourth-order valence-electron chi connectivity index (χ4n) is 0.681. The Morgan fingerprint density at radius 3 is 2.14 bits per heavy atom. The maximum absolute atomic E-state index is 8.48. The molecule has 2 heteroatoms. The first kappa shape index (κ1) is 5.06. The Balaban J connectivity index is 2.30. The van der Waals surface area contributed by atoms with Crippen molar-refractivity contribution in [3.63, 3.8) is 0 Å². The highest BCUT2D eigenvalue weighted by Gasteiger charge is 2.43. The van der Waals surface area contributed by atoms with Gasteiger partial charge in [0.1, 0.15) is 0 Å². The van der Waals surface area contributed by atoms with E-state index in [1.165, 1.54) is 0 Å². The smallest absolute Gasteiger partial charge is 0.0602 e. The second-order valence-electron chi connectivity index (χ2n) is 2.60. The van der Waals surface area contributed by atoms with Crippen LogP contribution in [0.15, 0.2) is 0 Å². The van der Waals surface area contributed by atoms with Crippen molar-refractivity contribution in [2.75, 3.05) is 6.61 Å². The van der Waals surface area contributed by atoms with Crippen molar-refractivity contribution in [1.82, 2.24) is 5.32 Å². The van der Waals surface area contributed by atoms with Gasteiger partial charge in [0.25, 0.3) is 0 Å². The average molecular weight is 101 g/mol. The van der Waals surface area contributed by atoms with E-state index in [4.69, 9.17) is 5.11 Å². The van der Waals surface area contributed by atoms with Gasteiger partial charge in [-0.05, 0) is 13.8 Å². The first-order valence-corrected chi connectivity index (χ1v) is 2.55. The Kier molecular flexibility index (Phi) is 0.869. The topological polar surface area (TPSA) is 42.2 Å². The molecule has 2 N–H and O–H groups in total. The van der Waals surface area contributed by atoms with E-state index in [1.54, 1.807) is 0 Å². The second kappa shape index (κ2) is 1.20. The van der Waals surface area contributed by atoms with E-state index in [9.17, 15) is 0 Å². The molecule has 0 aromatic rings. The molecular weight excluding hydrogens is 90.1 g/mol. The molecular formula is C5H11NO. The Morgan fingerprint density at radius 1 is 1.71 bits per heavy atom. The number of aliphatic hydroxyl groups is 1. The van der Waals surface area contributed by atoms with E-state index in [0.29, 0.717) is 6.04 Å².